The van der Waals surface area contributed by atoms with Gasteiger partial charge in [-0.25, -0.2) is 4.85 Å². The van der Waals surface area contributed by atoms with Crippen molar-refractivity contribution < 1.29 is 0 Å². The summed E-state index contributed by atoms with van der Waals surface area (Å²) in [5.74, 6) is 1.32. The summed E-state index contributed by atoms with van der Waals surface area (Å²) in [7, 11) is 0. The van der Waals surface area contributed by atoms with Gasteiger partial charge in [-0.3, -0.25) is 9.13 Å². The molecule has 4 aromatic heterocycles. The van der Waals surface area contributed by atoms with Crippen molar-refractivity contribution in [2.45, 2.75) is 19.3 Å². The Hall–Kier alpha value is -11.5. The molecule has 0 amide bonds. The van der Waals surface area contributed by atoms with E-state index in [-0.39, 0.29) is 5.41 Å². The third kappa shape index (κ3) is 7.50. The van der Waals surface area contributed by atoms with Gasteiger partial charge < -0.3 is 4.57 Å². The summed E-state index contributed by atoms with van der Waals surface area (Å²) in [5, 5.41) is 6.57. The Kier molecular flexibility index (Phi) is 10.9. The SMILES string of the molecule is [C-]#[N+]c1ccc(-n2c3ccccc3c3ccc4c(c32)C(C)(C)c2ccccc2-4)c(-c2nc(-n3c4ccc(-c5ccccc5)cc4c4cc(-c5ccccc5)ccc43)nc(-n3c4ccc(-c5ccccc5)cc4c4cc(-c5ccccc5)ccc43)n2)c1. The number of benzene rings is 12. The Morgan fingerprint density at radius 2 is 0.756 bits per heavy atom. The number of fused-ring (bicyclic) bond motifs is 13. The Bertz CT molecular complexity index is 5080. The van der Waals surface area contributed by atoms with Crippen molar-refractivity contribution in [3.8, 4) is 84.6 Å². The quantitative estimate of drug-likeness (QED) is 0.143. The lowest BCUT2D eigenvalue weighted by atomic mass is 9.81. The zero-order valence-electron chi connectivity index (χ0n) is 47.1. The molecule has 0 saturated carbocycles. The van der Waals surface area contributed by atoms with Gasteiger partial charge in [0.15, 0.2) is 11.5 Å². The summed E-state index contributed by atoms with van der Waals surface area (Å²) in [4.78, 5) is 21.3. The molecule has 86 heavy (non-hydrogen) atoms. The van der Waals surface area contributed by atoms with Crippen molar-refractivity contribution in [3.05, 3.63) is 296 Å². The predicted octanol–water partition coefficient (Wildman–Crippen LogP) is 20.4. The van der Waals surface area contributed by atoms with E-state index >= 15 is 0 Å². The van der Waals surface area contributed by atoms with Gasteiger partial charge in [0.2, 0.25) is 11.9 Å². The summed E-state index contributed by atoms with van der Waals surface area (Å²) in [5.41, 5.74) is 21.7. The highest BCUT2D eigenvalue weighted by Crippen LogP contribution is 2.53. The third-order valence-corrected chi connectivity index (χ3v) is 17.9. The lowest BCUT2D eigenvalue weighted by Gasteiger charge is -2.24. The van der Waals surface area contributed by atoms with Crippen LogP contribution in [0.4, 0.5) is 5.69 Å². The first-order valence-corrected chi connectivity index (χ1v) is 29.2. The molecule has 1 aliphatic rings. The first-order chi connectivity index (χ1) is 42.4. The highest BCUT2D eigenvalue weighted by Gasteiger charge is 2.39. The molecular formula is C79H51N7. The van der Waals surface area contributed by atoms with Crippen LogP contribution in [0.2, 0.25) is 0 Å². The number of nitrogens with zero attached hydrogens (tertiary/aromatic N) is 7. The molecule has 0 radical (unpaired) electrons. The minimum atomic E-state index is -0.337. The predicted molar refractivity (Wildman–Crippen MR) is 354 cm³/mol. The molecule has 12 aromatic carbocycles. The van der Waals surface area contributed by atoms with E-state index in [2.05, 4.69) is 293 Å². The lowest BCUT2D eigenvalue weighted by molar-refractivity contribution is 0.664. The molecule has 1 aliphatic carbocycles. The van der Waals surface area contributed by atoms with E-state index in [1.807, 2.05) is 12.1 Å². The Balaban J connectivity index is 0.992. The molecule has 0 atom stereocenters. The van der Waals surface area contributed by atoms with E-state index in [0.29, 0.717) is 29.0 Å². The zero-order chi connectivity index (χ0) is 57.2. The van der Waals surface area contributed by atoms with Crippen LogP contribution in [0, 0.1) is 6.57 Å². The summed E-state index contributed by atoms with van der Waals surface area (Å²) in [6, 6.07) is 97.3. The van der Waals surface area contributed by atoms with Crippen LogP contribution in [0.25, 0.3) is 155 Å². The van der Waals surface area contributed by atoms with Crippen molar-refractivity contribution in [2.24, 2.45) is 0 Å². The van der Waals surface area contributed by atoms with Crippen LogP contribution >= 0.6 is 0 Å². The fraction of sp³-hybridized carbons (Fsp3) is 0.0380. The monoisotopic (exact) mass is 1100 g/mol. The topological polar surface area (TPSA) is 57.8 Å². The molecule has 0 N–H and O–H groups in total. The van der Waals surface area contributed by atoms with Gasteiger partial charge in [-0.2, -0.15) is 15.0 Å². The van der Waals surface area contributed by atoms with Crippen molar-refractivity contribution >= 4 is 71.1 Å². The fourth-order valence-electron chi connectivity index (χ4n) is 13.9. The highest BCUT2D eigenvalue weighted by molar-refractivity contribution is 6.15. The van der Waals surface area contributed by atoms with Gasteiger partial charge in [0.1, 0.15) is 0 Å². The van der Waals surface area contributed by atoms with Gasteiger partial charge >= 0.3 is 0 Å². The molecule has 4 heterocycles. The second kappa shape index (κ2) is 19.0. The van der Waals surface area contributed by atoms with Gasteiger partial charge in [0, 0.05) is 43.3 Å². The van der Waals surface area contributed by atoms with Crippen LogP contribution in [0.5, 0.6) is 0 Å². The van der Waals surface area contributed by atoms with Crippen LogP contribution in [0.1, 0.15) is 25.0 Å². The maximum absolute atomic E-state index is 8.58. The van der Waals surface area contributed by atoms with Crippen LogP contribution < -0.4 is 0 Å². The van der Waals surface area contributed by atoms with Crippen LogP contribution in [0.15, 0.2) is 273 Å². The third-order valence-electron chi connectivity index (χ3n) is 17.9. The van der Waals surface area contributed by atoms with Crippen molar-refractivity contribution in [2.75, 3.05) is 0 Å². The normalized spacial score (nSPS) is 12.6. The Morgan fingerprint density at radius 1 is 0.326 bits per heavy atom. The molecule has 0 unspecified atom stereocenters. The first-order valence-electron chi connectivity index (χ1n) is 29.2. The Labute approximate surface area is 496 Å². The van der Waals surface area contributed by atoms with Gasteiger partial charge in [-0.15, -0.1) is 0 Å². The van der Waals surface area contributed by atoms with Gasteiger partial charge in [0.05, 0.1) is 45.4 Å². The van der Waals surface area contributed by atoms with Gasteiger partial charge in [0.25, 0.3) is 0 Å². The summed E-state index contributed by atoms with van der Waals surface area (Å²) in [6.07, 6.45) is 0. The van der Waals surface area contributed by atoms with Crippen molar-refractivity contribution in [1.29, 1.82) is 0 Å². The summed E-state index contributed by atoms with van der Waals surface area (Å²) in [6.45, 7) is 13.3. The van der Waals surface area contributed by atoms with Gasteiger partial charge in [-0.05, 0) is 133 Å². The zero-order valence-corrected chi connectivity index (χ0v) is 47.1. The number of hydrogen-bond donors (Lipinski definition) is 0. The van der Waals surface area contributed by atoms with Crippen LogP contribution in [0.3, 0.4) is 0 Å². The van der Waals surface area contributed by atoms with Crippen LogP contribution in [-0.2, 0) is 5.41 Å². The second-order valence-corrected chi connectivity index (χ2v) is 23.0. The molecule has 7 heteroatoms. The standard InChI is InChI=1S/C79H51N7/c1-79(2)67-30-18-16-28-58(67)60-37-38-61-59-29-17-19-31-68(59)84(75(61)74(60)79)73-43-36-57(80-3)48-66(73)76-81-77(85-69-39-32-53(49-20-8-4-9-21-49)44-62(69)63-45-54(33-40-70(63)85)50-22-10-5-11-23-50)83-78(82-76)86-71-41-34-55(51-24-12-6-13-25-51)46-64(71)65-47-56(35-42-72(65)86)52-26-14-7-15-27-52/h4-48H,1-2H3. The molecule has 0 aliphatic heterocycles. The number of hydrogen-bond acceptors (Lipinski definition) is 3. The number of para-hydroxylation sites is 1. The smallest absolute Gasteiger partial charge is 0.240 e. The van der Waals surface area contributed by atoms with E-state index in [1.165, 1.54) is 22.3 Å². The summed E-state index contributed by atoms with van der Waals surface area (Å²) < 4.78 is 6.84. The maximum Gasteiger partial charge on any atom is 0.240 e. The first kappa shape index (κ1) is 49.2. The average Bonchev–Trinajstić information content (AvgIpc) is 1.63. The fourth-order valence-corrected chi connectivity index (χ4v) is 13.9. The molecule has 0 bridgehead atoms. The largest absolute Gasteiger partial charge is 0.308 e. The molecule has 16 aromatic rings. The minimum Gasteiger partial charge on any atom is -0.308 e. The molecule has 0 spiro atoms. The Morgan fingerprint density at radius 3 is 1.23 bits per heavy atom. The lowest BCUT2D eigenvalue weighted by Crippen LogP contribution is -2.16. The van der Waals surface area contributed by atoms with Crippen molar-refractivity contribution in [3.63, 3.8) is 0 Å². The van der Waals surface area contributed by atoms with Crippen LogP contribution in [-0.4, -0.2) is 28.7 Å². The molecular weight excluding hydrogens is 1050 g/mol. The van der Waals surface area contributed by atoms with E-state index in [0.717, 1.165) is 116 Å². The average molecular weight is 1100 g/mol. The number of rotatable bonds is 8. The maximum atomic E-state index is 8.58. The molecule has 402 valence electrons. The molecule has 17 rings (SSSR count). The van der Waals surface area contributed by atoms with E-state index < -0.39 is 0 Å². The summed E-state index contributed by atoms with van der Waals surface area (Å²) >= 11 is 0. The minimum absolute atomic E-state index is 0.337. The number of aromatic nitrogens is 6. The van der Waals surface area contributed by atoms with E-state index in [1.54, 1.807) is 0 Å². The molecule has 7 nitrogen and oxygen atoms in total. The molecule has 0 fully saturated rings. The van der Waals surface area contributed by atoms with Gasteiger partial charge in [-0.1, -0.05) is 220 Å². The second-order valence-electron chi connectivity index (χ2n) is 23.0. The van der Waals surface area contributed by atoms with E-state index in [4.69, 9.17) is 21.5 Å². The highest BCUT2D eigenvalue weighted by atomic mass is 15.3. The molecule has 0 saturated heterocycles. The van der Waals surface area contributed by atoms with Crippen molar-refractivity contribution in [1.82, 2.24) is 28.7 Å². The van der Waals surface area contributed by atoms with E-state index in [9.17, 15) is 0 Å².